The summed E-state index contributed by atoms with van der Waals surface area (Å²) < 4.78 is 0. The van der Waals surface area contributed by atoms with E-state index >= 15 is 0 Å². The van der Waals surface area contributed by atoms with Crippen molar-refractivity contribution in [1.29, 1.82) is 0 Å². The minimum atomic E-state index is -0.472. The number of carbonyl (C=O) groups excluding carboxylic acids is 3. The van der Waals surface area contributed by atoms with Crippen molar-refractivity contribution in [3.8, 4) is 0 Å². The number of hydrogen-bond donors (Lipinski definition) is 2. The zero-order valence-electron chi connectivity index (χ0n) is 16.5. The number of piperazine rings is 1. The first-order valence-corrected chi connectivity index (χ1v) is 10.2. The highest BCUT2D eigenvalue weighted by atomic mass is 35.5. The highest BCUT2D eigenvalue weighted by molar-refractivity contribution is 6.36. The fourth-order valence-electron chi connectivity index (χ4n) is 3.02. The summed E-state index contributed by atoms with van der Waals surface area (Å²) in [7, 11) is 2.03. The predicted molar refractivity (Wildman–Crippen MR) is 117 cm³/mol. The van der Waals surface area contributed by atoms with Crippen LogP contribution in [0.5, 0.6) is 0 Å². The number of benzene rings is 2. The minimum Gasteiger partial charge on any atom is -0.343 e. The molecule has 0 bridgehead atoms. The molecule has 7 nitrogen and oxygen atoms in total. The van der Waals surface area contributed by atoms with Crippen LogP contribution in [0.2, 0.25) is 10.0 Å². The molecule has 0 saturated carbocycles. The summed E-state index contributed by atoms with van der Waals surface area (Å²) in [5.74, 6) is -0.889. The van der Waals surface area contributed by atoms with Gasteiger partial charge in [0.25, 0.3) is 11.8 Å². The maximum Gasteiger partial charge on any atom is 0.253 e. The standard InChI is InChI=1S/C21H22Cl2N4O3/c1-26-8-10-27(11-9-26)21(30)14-2-5-16(6-3-14)25-19(28)13-24-20(29)17-7-4-15(22)12-18(17)23/h2-7,12H,8-11,13H2,1H3,(H,24,29)(H,25,28). The van der Waals surface area contributed by atoms with E-state index in [9.17, 15) is 14.4 Å². The molecule has 2 N–H and O–H groups in total. The molecule has 0 atom stereocenters. The summed E-state index contributed by atoms with van der Waals surface area (Å²) in [6, 6.07) is 11.2. The van der Waals surface area contributed by atoms with Gasteiger partial charge in [-0.1, -0.05) is 23.2 Å². The van der Waals surface area contributed by atoms with Gasteiger partial charge < -0.3 is 20.4 Å². The monoisotopic (exact) mass is 448 g/mol. The molecule has 1 heterocycles. The normalized spacial score (nSPS) is 14.3. The zero-order chi connectivity index (χ0) is 21.7. The number of hydrogen-bond acceptors (Lipinski definition) is 4. The van der Waals surface area contributed by atoms with Crippen molar-refractivity contribution in [3.63, 3.8) is 0 Å². The van der Waals surface area contributed by atoms with E-state index in [1.165, 1.54) is 12.1 Å². The van der Waals surface area contributed by atoms with Crippen molar-refractivity contribution in [3.05, 3.63) is 63.6 Å². The molecule has 0 unspecified atom stereocenters. The molecule has 2 aromatic carbocycles. The molecule has 30 heavy (non-hydrogen) atoms. The van der Waals surface area contributed by atoms with Crippen molar-refractivity contribution in [2.24, 2.45) is 0 Å². The topological polar surface area (TPSA) is 81.8 Å². The number of nitrogens with one attached hydrogen (secondary N) is 2. The van der Waals surface area contributed by atoms with Crippen molar-refractivity contribution < 1.29 is 14.4 Å². The van der Waals surface area contributed by atoms with Gasteiger partial charge in [0, 0.05) is 42.5 Å². The van der Waals surface area contributed by atoms with Crippen LogP contribution in [0.1, 0.15) is 20.7 Å². The van der Waals surface area contributed by atoms with Gasteiger partial charge in [0.05, 0.1) is 17.1 Å². The molecule has 9 heteroatoms. The highest BCUT2D eigenvalue weighted by Crippen LogP contribution is 2.20. The summed E-state index contributed by atoms with van der Waals surface area (Å²) in [5.41, 5.74) is 1.34. The third-order valence-electron chi connectivity index (χ3n) is 4.79. The Bertz CT molecular complexity index is 942. The summed E-state index contributed by atoms with van der Waals surface area (Å²) in [6.07, 6.45) is 0. The lowest BCUT2D eigenvalue weighted by Crippen LogP contribution is -2.47. The van der Waals surface area contributed by atoms with Gasteiger partial charge in [-0.05, 0) is 49.5 Å². The molecule has 1 saturated heterocycles. The Morgan fingerprint density at radius 1 is 0.967 bits per heavy atom. The molecule has 0 aliphatic carbocycles. The van der Waals surface area contributed by atoms with E-state index in [0.29, 0.717) is 29.4 Å². The van der Waals surface area contributed by atoms with Gasteiger partial charge in [0.2, 0.25) is 5.91 Å². The van der Waals surface area contributed by atoms with Gasteiger partial charge in [-0.3, -0.25) is 14.4 Å². The third kappa shape index (κ3) is 5.72. The summed E-state index contributed by atoms with van der Waals surface area (Å²) in [4.78, 5) is 40.8. The second-order valence-corrected chi connectivity index (χ2v) is 7.87. The van der Waals surface area contributed by atoms with Gasteiger partial charge in [-0.2, -0.15) is 0 Å². The van der Waals surface area contributed by atoms with Gasteiger partial charge in [-0.15, -0.1) is 0 Å². The lowest BCUT2D eigenvalue weighted by atomic mass is 10.1. The largest absolute Gasteiger partial charge is 0.343 e. The number of halogens is 2. The van der Waals surface area contributed by atoms with Gasteiger partial charge in [0.15, 0.2) is 0 Å². The molecular weight excluding hydrogens is 427 g/mol. The number of likely N-dealkylation sites (N-methyl/N-ethyl adjacent to an activating group) is 1. The van der Waals surface area contributed by atoms with E-state index in [-0.39, 0.29) is 23.0 Å². The number of rotatable bonds is 5. The fourth-order valence-corrected chi connectivity index (χ4v) is 3.52. The quantitative estimate of drug-likeness (QED) is 0.736. The second kappa shape index (κ2) is 9.93. The number of anilines is 1. The van der Waals surface area contributed by atoms with E-state index in [1.54, 1.807) is 30.3 Å². The number of carbonyl (C=O) groups is 3. The maximum atomic E-state index is 12.6. The first-order chi connectivity index (χ1) is 14.3. The highest BCUT2D eigenvalue weighted by Gasteiger charge is 2.20. The van der Waals surface area contributed by atoms with Crippen LogP contribution in [0, 0.1) is 0 Å². The Morgan fingerprint density at radius 3 is 2.27 bits per heavy atom. The number of amides is 3. The maximum absolute atomic E-state index is 12.6. The molecule has 3 amide bonds. The van der Waals surface area contributed by atoms with Gasteiger partial charge in [-0.25, -0.2) is 0 Å². The summed E-state index contributed by atoms with van der Waals surface area (Å²) in [5, 5.41) is 5.83. The summed E-state index contributed by atoms with van der Waals surface area (Å²) in [6.45, 7) is 2.88. The molecule has 1 aliphatic rings. The molecule has 2 aromatic rings. The van der Waals surface area contributed by atoms with Crippen LogP contribution in [-0.4, -0.2) is 67.3 Å². The molecule has 3 rings (SSSR count). The lowest BCUT2D eigenvalue weighted by molar-refractivity contribution is -0.115. The molecule has 0 radical (unpaired) electrons. The Kier molecular flexibility index (Phi) is 7.31. The van der Waals surface area contributed by atoms with Crippen molar-refractivity contribution in [2.75, 3.05) is 45.1 Å². The number of nitrogens with zero attached hydrogens (tertiary/aromatic N) is 2. The Balaban J connectivity index is 1.50. The summed E-state index contributed by atoms with van der Waals surface area (Å²) >= 11 is 11.8. The minimum absolute atomic E-state index is 0.0203. The molecule has 1 fully saturated rings. The van der Waals surface area contributed by atoms with Crippen LogP contribution >= 0.6 is 23.2 Å². The van der Waals surface area contributed by atoms with Crippen molar-refractivity contribution in [2.45, 2.75) is 0 Å². The van der Waals surface area contributed by atoms with Gasteiger partial charge in [0.1, 0.15) is 0 Å². The van der Waals surface area contributed by atoms with Crippen LogP contribution in [0.4, 0.5) is 5.69 Å². The van der Waals surface area contributed by atoms with Crippen molar-refractivity contribution in [1.82, 2.24) is 15.1 Å². The first kappa shape index (κ1) is 22.1. The first-order valence-electron chi connectivity index (χ1n) is 9.44. The van der Waals surface area contributed by atoms with E-state index in [2.05, 4.69) is 15.5 Å². The molecular formula is C21H22Cl2N4O3. The smallest absolute Gasteiger partial charge is 0.253 e. The van der Waals surface area contributed by atoms with Crippen LogP contribution < -0.4 is 10.6 Å². The van der Waals surface area contributed by atoms with E-state index in [1.807, 2.05) is 11.9 Å². The van der Waals surface area contributed by atoms with Crippen LogP contribution in [0.25, 0.3) is 0 Å². The Labute approximate surface area is 184 Å². The Morgan fingerprint density at radius 2 is 1.63 bits per heavy atom. The lowest BCUT2D eigenvalue weighted by Gasteiger charge is -2.32. The van der Waals surface area contributed by atoms with E-state index in [0.717, 1.165) is 13.1 Å². The van der Waals surface area contributed by atoms with E-state index in [4.69, 9.17) is 23.2 Å². The van der Waals surface area contributed by atoms with Gasteiger partial charge >= 0.3 is 0 Å². The van der Waals surface area contributed by atoms with Crippen LogP contribution in [0.15, 0.2) is 42.5 Å². The molecule has 158 valence electrons. The molecule has 0 spiro atoms. The van der Waals surface area contributed by atoms with Crippen molar-refractivity contribution >= 4 is 46.6 Å². The van der Waals surface area contributed by atoms with Crippen LogP contribution in [-0.2, 0) is 4.79 Å². The second-order valence-electron chi connectivity index (χ2n) is 7.03. The predicted octanol–water partition coefficient (Wildman–Crippen LogP) is 2.75. The molecule has 0 aromatic heterocycles. The third-order valence-corrected chi connectivity index (χ3v) is 5.34. The fraction of sp³-hybridized carbons (Fsp3) is 0.286. The SMILES string of the molecule is CN1CCN(C(=O)c2ccc(NC(=O)CNC(=O)c3ccc(Cl)cc3Cl)cc2)CC1. The average molecular weight is 449 g/mol. The average Bonchev–Trinajstić information content (AvgIpc) is 2.72. The molecule has 1 aliphatic heterocycles. The Hall–Kier alpha value is -2.61. The van der Waals surface area contributed by atoms with E-state index < -0.39 is 11.8 Å². The van der Waals surface area contributed by atoms with Crippen LogP contribution in [0.3, 0.4) is 0 Å². The zero-order valence-corrected chi connectivity index (χ0v) is 18.0.